The molecule has 0 saturated heterocycles. The van der Waals surface area contributed by atoms with Crippen molar-refractivity contribution in [2.24, 2.45) is 0 Å². The molecule has 0 aliphatic rings. The number of hydroxylamine groups is 1. The number of halogens is 1. The molecule has 0 fully saturated rings. The van der Waals surface area contributed by atoms with Crippen LogP contribution in [0.3, 0.4) is 0 Å². The summed E-state index contributed by atoms with van der Waals surface area (Å²) in [6.45, 7) is 2.95. The lowest BCUT2D eigenvalue weighted by Crippen LogP contribution is -2.17. The van der Waals surface area contributed by atoms with E-state index < -0.39 is 0 Å². The van der Waals surface area contributed by atoms with Gasteiger partial charge in [-0.25, -0.2) is 18.9 Å². The van der Waals surface area contributed by atoms with Gasteiger partial charge in [-0.15, -0.1) is 0 Å². The molecule has 5 aromatic rings. The average Bonchev–Trinajstić information content (AvgIpc) is 3.27. The molecule has 0 amide bonds. The second kappa shape index (κ2) is 8.60. The molecule has 0 saturated carbocycles. The Morgan fingerprint density at radius 2 is 1.91 bits per heavy atom. The third kappa shape index (κ3) is 4.08. The number of rotatable bonds is 7. The van der Waals surface area contributed by atoms with Crippen molar-refractivity contribution < 1.29 is 14.0 Å². The summed E-state index contributed by atoms with van der Waals surface area (Å²) in [5.41, 5.74) is 6.99. The van der Waals surface area contributed by atoms with Gasteiger partial charge >= 0.3 is 0 Å². The summed E-state index contributed by atoms with van der Waals surface area (Å²) in [6, 6.07) is 17.6. The highest BCUT2D eigenvalue weighted by atomic mass is 19.1. The van der Waals surface area contributed by atoms with E-state index in [0.717, 1.165) is 33.4 Å². The zero-order valence-corrected chi connectivity index (χ0v) is 17.3. The van der Waals surface area contributed by atoms with Crippen LogP contribution < -0.4 is 15.1 Å². The lowest BCUT2D eigenvalue weighted by molar-refractivity contribution is 0.191. The van der Waals surface area contributed by atoms with Crippen LogP contribution >= 0.6 is 0 Å². The highest BCUT2D eigenvalue weighted by molar-refractivity contribution is 5.89. The van der Waals surface area contributed by atoms with Gasteiger partial charge in [0.1, 0.15) is 23.6 Å². The van der Waals surface area contributed by atoms with E-state index >= 15 is 0 Å². The number of hydrogen-bond donors (Lipinski definition) is 1. The highest BCUT2D eigenvalue weighted by Gasteiger charge is 2.10. The van der Waals surface area contributed by atoms with Crippen molar-refractivity contribution in [1.29, 1.82) is 0 Å². The van der Waals surface area contributed by atoms with Crippen LogP contribution in [0.5, 0.6) is 11.5 Å². The van der Waals surface area contributed by atoms with E-state index in [1.807, 2.05) is 49.5 Å². The standard InChI is InChI=1S/C24H20FN5O2/c1-2-31-23-13-21(17-3-5-18(25)6-4-17)29-22-12-19(7-8-20(22)23)32-28-14-16-9-10-30-24(11-16)26-15-27-30/h3-13,15,28H,2,14H2,1H3. The normalized spacial score (nSPS) is 11.2. The summed E-state index contributed by atoms with van der Waals surface area (Å²) in [6.07, 6.45) is 3.37. The average molecular weight is 429 g/mol. The van der Waals surface area contributed by atoms with Crippen LogP contribution in [0.1, 0.15) is 12.5 Å². The van der Waals surface area contributed by atoms with Crippen molar-refractivity contribution in [3.8, 4) is 22.8 Å². The van der Waals surface area contributed by atoms with E-state index in [1.165, 1.54) is 18.5 Å². The molecular formula is C24H20FN5O2. The summed E-state index contributed by atoms with van der Waals surface area (Å²) in [5, 5.41) is 4.97. The molecule has 0 aliphatic heterocycles. The van der Waals surface area contributed by atoms with Crippen LogP contribution in [0, 0.1) is 5.82 Å². The maximum Gasteiger partial charge on any atom is 0.155 e. The van der Waals surface area contributed by atoms with E-state index in [2.05, 4.69) is 15.6 Å². The molecule has 5 rings (SSSR count). The Hall–Kier alpha value is -4.04. The molecule has 32 heavy (non-hydrogen) atoms. The molecule has 0 radical (unpaired) electrons. The molecule has 2 aromatic carbocycles. The van der Waals surface area contributed by atoms with Crippen LogP contribution in [0.4, 0.5) is 4.39 Å². The molecule has 7 nitrogen and oxygen atoms in total. The van der Waals surface area contributed by atoms with Gasteiger partial charge in [-0.05, 0) is 61.0 Å². The Labute approximate surface area is 183 Å². The van der Waals surface area contributed by atoms with Gasteiger partial charge in [0, 0.05) is 29.3 Å². The fourth-order valence-electron chi connectivity index (χ4n) is 3.45. The first-order valence-corrected chi connectivity index (χ1v) is 10.2. The van der Waals surface area contributed by atoms with Crippen molar-refractivity contribution in [2.45, 2.75) is 13.5 Å². The van der Waals surface area contributed by atoms with Gasteiger partial charge in [0.15, 0.2) is 5.65 Å². The van der Waals surface area contributed by atoms with Gasteiger partial charge in [-0.3, -0.25) is 0 Å². The topological polar surface area (TPSA) is 73.6 Å². The second-order valence-corrected chi connectivity index (χ2v) is 7.15. The van der Waals surface area contributed by atoms with E-state index in [-0.39, 0.29) is 5.82 Å². The number of hydrogen-bond acceptors (Lipinski definition) is 6. The van der Waals surface area contributed by atoms with Crippen LogP contribution in [-0.2, 0) is 6.54 Å². The lowest BCUT2D eigenvalue weighted by Gasteiger charge is -2.12. The third-order valence-corrected chi connectivity index (χ3v) is 4.99. The van der Waals surface area contributed by atoms with Crippen LogP contribution in [0.2, 0.25) is 0 Å². The number of benzene rings is 2. The van der Waals surface area contributed by atoms with E-state index in [1.54, 1.807) is 16.6 Å². The van der Waals surface area contributed by atoms with Crippen molar-refractivity contribution in [3.05, 3.63) is 84.6 Å². The quantitative estimate of drug-likeness (QED) is 0.382. The van der Waals surface area contributed by atoms with Gasteiger partial charge in [0.2, 0.25) is 0 Å². The van der Waals surface area contributed by atoms with Crippen molar-refractivity contribution in [1.82, 2.24) is 25.1 Å². The molecular weight excluding hydrogens is 409 g/mol. The minimum atomic E-state index is -0.288. The monoisotopic (exact) mass is 429 g/mol. The summed E-state index contributed by atoms with van der Waals surface area (Å²) in [4.78, 5) is 14.7. The fourth-order valence-corrected chi connectivity index (χ4v) is 3.45. The minimum Gasteiger partial charge on any atom is -0.493 e. The molecule has 0 atom stereocenters. The number of pyridine rings is 2. The first kappa shape index (κ1) is 19.9. The molecule has 160 valence electrons. The molecule has 0 unspecified atom stereocenters. The molecule has 0 aliphatic carbocycles. The van der Waals surface area contributed by atoms with Gasteiger partial charge in [-0.2, -0.15) is 10.6 Å². The SMILES string of the molecule is CCOc1cc(-c2ccc(F)cc2)nc2cc(ONCc3ccn4ncnc4c3)ccc12. The van der Waals surface area contributed by atoms with Crippen molar-refractivity contribution in [2.75, 3.05) is 6.61 Å². The summed E-state index contributed by atoms with van der Waals surface area (Å²) >= 11 is 0. The summed E-state index contributed by atoms with van der Waals surface area (Å²) in [5.74, 6) is 1.05. The Balaban J connectivity index is 1.39. The third-order valence-electron chi connectivity index (χ3n) is 4.99. The Kier molecular flexibility index (Phi) is 5.35. The highest BCUT2D eigenvalue weighted by Crippen LogP contribution is 2.32. The number of ether oxygens (including phenoxy) is 1. The van der Waals surface area contributed by atoms with E-state index in [4.69, 9.17) is 14.6 Å². The zero-order chi connectivity index (χ0) is 21.9. The summed E-state index contributed by atoms with van der Waals surface area (Å²) in [7, 11) is 0. The van der Waals surface area contributed by atoms with Gasteiger partial charge in [-0.1, -0.05) is 0 Å². The van der Waals surface area contributed by atoms with Crippen LogP contribution in [0.25, 0.3) is 27.8 Å². The van der Waals surface area contributed by atoms with E-state index in [0.29, 0.717) is 24.6 Å². The minimum absolute atomic E-state index is 0.288. The smallest absolute Gasteiger partial charge is 0.155 e. The van der Waals surface area contributed by atoms with Crippen molar-refractivity contribution >= 4 is 16.6 Å². The second-order valence-electron chi connectivity index (χ2n) is 7.15. The molecule has 8 heteroatoms. The zero-order valence-electron chi connectivity index (χ0n) is 17.3. The number of fused-ring (bicyclic) bond motifs is 2. The Morgan fingerprint density at radius 1 is 1.03 bits per heavy atom. The maximum absolute atomic E-state index is 13.3. The van der Waals surface area contributed by atoms with E-state index in [9.17, 15) is 4.39 Å². The van der Waals surface area contributed by atoms with Crippen LogP contribution in [0.15, 0.2) is 73.2 Å². The Bertz CT molecular complexity index is 1380. The molecule has 0 spiro atoms. The molecule has 3 aromatic heterocycles. The van der Waals surface area contributed by atoms with Crippen molar-refractivity contribution in [3.63, 3.8) is 0 Å². The Morgan fingerprint density at radius 3 is 2.75 bits per heavy atom. The molecule has 3 heterocycles. The van der Waals surface area contributed by atoms with Gasteiger partial charge in [0.25, 0.3) is 0 Å². The molecule has 0 bridgehead atoms. The first-order chi connectivity index (χ1) is 15.7. The summed E-state index contributed by atoms with van der Waals surface area (Å²) < 4.78 is 20.9. The molecule has 1 N–H and O–H groups in total. The lowest BCUT2D eigenvalue weighted by atomic mass is 10.1. The van der Waals surface area contributed by atoms with Gasteiger partial charge < -0.3 is 9.57 Å². The predicted octanol–water partition coefficient (Wildman–Crippen LogP) is 4.57. The predicted molar refractivity (Wildman–Crippen MR) is 119 cm³/mol. The van der Waals surface area contributed by atoms with Crippen LogP contribution in [-0.4, -0.2) is 26.2 Å². The number of nitrogens with zero attached hydrogens (tertiary/aromatic N) is 4. The number of aromatic nitrogens is 4. The van der Waals surface area contributed by atoms with Gasteiger partial charge in [0.05, 0.1) is 24.4 Å². The first-order valence-electron chi connectivity index (χ1n) is 10.2. The maximum atomic E-state index is 13.3. The largest absolute Gasteiger partial charge is 0.493 e. The fraction of sp³-hybridized carbons (Fsp3) is 0.125. The number of nitrogens with one attached hydrogen (secondary N) is 1.